The minimum atomic E-state index is 0.466. The number of fused-ring (bicyclic) bond motifs is 3. The molecule has 3 rings (SSSR count). The molecule has 0 heteroatoms. The van der Waals surface area contributed by atoms with Gasteiger partial charge in [0.1, 0.15) is 0 Å². The summed E-state index contributed by atoms with van der Waals surface area (Å²) in [5.41, 5.74) is 2.71. The molecule has 0 radical (unpaired) electrons. The van der Waals surface area contributed by atoms with Gasteiger partial charge in [-0.25, -0.2) is 0 Å². The highest BCUT2D eigenvalue weighted by molar-refractivity contribution is 5.32. The molecule has 82 valence electrons. The zero-order chi connectivity index (χ0) is 10.8. The maximum atomic E-state index is 2.47. The maximum absolute atomic E-state index is 2.47. The molecular formula is C15H22. The molecule has 0 spiro atoms. The van der Waals surface area contributed by atoms with Crippen LogP contribution < -0.4 is 0 Å². The van der Waals surface area contributed by atoms with Crippen LogP contribution in [0.5, 0.6) is 0 Å². The van der Waals surface area contributed by atoms with E-state index in [1.807, 2.05) is 0 Å². The molecule has 0 saturated heterocycles. The van der Waals surface area contributed by atoms with Gasteiger partial charge in [-0.3, -0.25) is 0 Å². The largest absolute Gasteiger partial charge is 0.0780 e. The van der Waals surface area contributed by atoms with Gasteiger partial charge in [-0.15, -0.1) is 0 Å². The summed E-state index contributed by atoms with van der Waals surface area (Å²) < 4.78 is 0. The Kier molecular flexibility index (Phi) is 1.67. The Balaban J connectivity index is 2.01. The quantitative estimate of drug-likeness (QED) is 0.552. The first-order valence-corrected chi connectivity index (χ1v) is 6.33. The number of hydrogen-bond acceptors (Lipinski definition) is 0. The third kappa shape index (κ3) is 1.08. The molecule has 0 N–H and O–H groups in total. The Labute approximate surface area is 93.5 Å². The second-order valence-electron chi connectivity index (χ2n) is 6.75. The van der Waals surface area contributed by atoms with Crippen LogP contribution in [0.4, 0.5) is 0 Å². The van der Waals surface area contributed by atoms with Gasteiger partial charge in [0.2, 0.25) is 0 Å². The van der Waals surface area contributed by atoms with Crippen molar-refractivity contribution in [2.75, 3.05) is 0 Å². The van der Waals surface area contributed by atoms with Crippen LogP contribution >= 0.6 is 0 Å². The van der Waals surface area contributed by atoms with E-state index in [9.17, 15) is 0 Å². The van der Waals surface area contributed by atoms with Crippen LogP contribution in [-0.2, 0) is 0 Å². The summed E-state index contributed by atoms with van der Waals surface area (Å²) in [6, 6.07) is 0. The first kappa shape index (κ1) is 9.69. The summed E-state index contributed by atoms with van der Waals surface area (Å²) >= 11 is 0. The van der Waals surface area contributed by atoms with Crippen LogP contribution in [0.2, 0.25) is 0 Å². The van der Waals surface area contributed by atoms with E-state index in [0.717, 1.165) is 17.8 Å². The average molecular weight is 202 g/mol. The number of hydrogen-bond donors (Lipinski definition) is 0. The highest BCUT2D eigenvalue weighted by atomic mass is 14.7. The van der Waals surface area contributed by atoms with Gasteiger partial charge < -0.3 is 0 Å². The van der Waals surface area contributed by atoms with Gasteiger partial charge in [-0.1, -0.05) is 44.6 Å². The molecule has 0 nitrogen and oxygen atoms in total. The standard InChI is InChI=1S/C15H22/c1-10-6-5-8-15(4)9-7-11-13(12(10)15)14(11,2)3/h5-6,8,11-13H,7,9H2,1-4H3/t11-,12+,13-,15-/m0/s1. The van der Waals surface area contributed by atoms with Crippen molar-refractivity contribution < 1.29 is 0 Å². The molecule has 4 atom stereocenters. The molecule has 2 saturated carbocycles. The summed E-state index contributed by atoms with van der Waals surface area (Å²) in [4.78, 5) is 0. The van der Waals surface area contributed by atoms with Crippen LogP contribution in [0.1, 0.15) is 40.5 Å². The smallest absolute Gasteiger partial charge is 0.00749 e. The lowest BCUT2D eigenvalue weighted by molar-refractivity contribution is 0.183. The fourth-order valence-electron chi connectivity index (χ4n) is 4.55. The third-order valence-corrected chi connectivity index (χ3v) is 5.53. The van der Waals surface area contributed by atoms with E-state index in [-0.39, 0.29) is 0 Å². The highest BCUT2D eigenvalue weighted by Gasteiger charge is 2.66. The lowest BCUT2D eigenvalue weighted by Crippen LogP contribution is -2.33. The van der Waals surface area contributed by atoms with Crippen LogP contribution in [-0.4, -0.2) is 0 Å². The average Bonchev–Trinajstić information content (AvgIpc) is 2.68. The number of rotatable bonds is 0. The van der Waals surface area contributed by atoms with E-state index in [0.29, 0.717) is 10.8 Å². The van der Waals surface area contributed by atoms with Crippen LogP contribution in [0, 0.1) is 28.6 Å². The van der Waals surface area contributed by atoms with Crippen molar-refractivity contribution in [2.24, 2.45) is 28.6 Å². The molecule has 0 unspecified atom stereocenters. The van der Waals surface area contributed by atoms with Crippen molar-refractivity contribution >= 4 is 0 Å². The Morgan fingerprint density at radius 1 is 1.27 bits per heavy atom. The molecule has 0 aromatic carbocycles. The molecule has 3 aliphatic carbocycles. The predicted octanol–water partition coefficient (Wildman–Crippen LogP) is 4.19. The van der Waals surface area contributed by atoms with Crippen LogP contribution in [0.25, 0.3) is 0 Å². The minimum absolute atomic E-state index is 0.466. The van der Waals surface area contributed by atoms with E-state index < -0.39 is 0 Å². The van der Waals surface area contributed by atoms with Crippen molar-refractivity contribution in [1.29, 1.82) is 0 Å². The van der Waals surface area contributed by atoms with Crippen molar-refractivity contribution in [3.63, 3.8) is 0 Å². The Hall–Kier alpha value is -0.520. The minimum Gasteiger partial charge on any atom is -0.0780 e. The fourth-order valence-corrected chi connectivity index (χ4v) is 4.55. The molecule has 0 heterocycles. The summed E-state index contributed by atoms with van der Waals surface area (Å²) in [5.74, 6) is 2.79. The lowest BCUT2D eigenvalue weighted by atomic mass is 9.62. The summed E-state index contributed by atoms with van der Waals surface area (Å²) in [6.07, 6.45) is 9.92. The Morgan fingerprint density at radius 2 is 2.00 bits per heavy atom. The molecule has 3 aliphatic rings. The van der Waals surface area contributed by atoms with E-state index in [4.69, 9.17) is 0 Å². The molecule has 0 aromatic heterocycles. The number of allylic oxidation sites excluding steroid dienone is 4. The van der Waals surface area contributed by atoms with Crippen molar-refractivity contribution in [3.8, 4) is 0 Å². The summed E-state index contributed by atoms with van der Waals surface area (Å²) in [7, 11) is 0. The fraction of sp³-hybridized carbons (Fsp3) is 0.733. The lowest BCUT2D eigenvalue weighted by Gasteiger charge is -2.42. The summed E-state index contributed by atoms with van der Waals surface area (Å²) in [5, 5.41) is 0. The van der Waals surface area contributed by atoms with Crippen molar-refractivity contribution in [1.82, 2.24) is 0 Å². The van der Waals surface area contributed by atoms with E-state index in [2.05, 4.69) is 45.9 Å². The van der Waals surface area contributed by atoms with Gasteiger partial charge >= 0.3 is 0 Å². The van der Waals surface area contributed by atoms with Gasteiger partial charge in [0.25, 0.3) is 0 Å². The van der Waals surface area contributed by atoms with Crippen LogP contribution in [0.3, 0.4) is 0 Å². The van der Waals surface area contributed by atoms with Gasteiger partial charge in [0.15, 0.2) is 0 Å². The van der Waals surface area contributed by atoms with E-state index in [1.54, 1.807) is 5.57 Å². The van der Waals surface area contributed by atoms with Gasteiger partial charge in [-0.2, -0.15) is 0 Å². The first-order chi connectivity index (χ1) is 6.97. The van der Waals surface area contributed by atoms with Gasteiger partial charge in [-0.05, 0) is 48.3 Å². The molecule has 0 bridgehead atoms. The van der Waals surface area contributed by atoms with Crippen molar-refractivity contribution in [3.05, 3.63) is 23.8 Å². The molecule has 15 heavy (non-hydrogen) atoms. The highest BCUT2D eigenvalue weighted by Crippen LogP contribution is 2.72. The zero-order valence-electron chi connectivity index (χ0n) is 10.4. The predicted molar refractivity (Wildman–Crippen MR) is 64.5 cm³/mol. The second kappa shape index (κ2) is 2.59. The maximum Gasteiger partial charge on any atom is -0.00749 e. The van der Waals surface area contributed by atoms with Crippen molar-refractivity contribution in [2.45, 2.75) is 40.5 Å². The van der Waals surface area contributed by atoms with Crippen LogP contribution in [0.15, 0.2) is 23.8 Å². The Bertz CT molecular complexity index is 358. The first-order valence-electron chi connectivity index (χ1n) is 6.33. The second-order valence-corrected chi connectivity index (χ2v) is 6.75. The Morgan fingerprint density at radius 3 is 2.73 bits per heavy atom. The van der Waals surface area contributed by atoms with E-state index >= 15 is 0 Å². The summed E-state index contributed by atoms with van der Waals surface area (Å²) in [6.45, 7) is 9.75. The topological polar surface area (TPSA) is 0 Å². The van der Waals surface area contributed by atoms with Gasteiger partial charge in [0.05, 0.1) is 0 Å². The molecule has 2 fully saturated rings. The normalized spacial score (nSPS) is 50.4. The zero-order valence-corrected chi connectivity index (χ0v) is 10.4. The monoisotopic (exact) mass is 202 g/mol. The van der Waals surface area contributed by atoms with E-state index in [1.165, 1.54) is 12.8 Å². The SMILES string of the molecule is CC1=CC=C[C@@]2(C)CC[C@H]3[C@@H]([C@@H]12)C3(C)C. The molecule has 0 aliphatic heterocycles. The molecule has 0 aromatic rings. The third-order valence-electron chi connectivity index (χ3n) is 5.53. The van der Waals surface area contributed by atoms with Gasteiger partial charge in [0, 0.05) is 0 Å². The molecular weight excluding hydrogens is 180 g/mol. The molecule has 0 amide bonds.